The van der Waals surface area contributed by atoms with Crippen LogP contribution in [-0.2, 0) is 4.79 Å². The zero-order valence-electron chi connectivity index (χ0n) is 15.3. The van der Waals surface area contributed by atoms with Gasteiger partial charge in [0.1, 0.15) is 0 Å². The van der Waals surface area contributed by atoms with Crippen molar-refractivity contribution in [3.05, 3.63) is 30.3 Å². The summed E-state index contributed by atoms with van der Waals surface area (Å²) in [4.78, 5) is 15.4. The van der Waals surface area contributed by atoms with E-state index in [0.29, 0.717) is 17.7 Å². The predicted octanol–water partition coefficient (Wildman–Crippen LogP) is 3.25. The summed E-state index contributed by atoms with van der Waals surface area (Å²) in [6, 6.07) is 10.6. The van der Waals surface area contributed by atoms with Crippen LogP contribution in [0.3, 0.4) is 0 Å². The van der Waals surface area contributed by atoms with Gasteiger partial charge in [0.2, 0.25) is 5.91 Å². The first-order valence-electron chi connectivity index (χ1n) is 9.57. The van der Waals surface area contributed by atoms with Crippen LogP contribution in [0, 0.1) is 17.3 Å². The number of benzene rings is 1. The van der Waals surface area contributed by atoms with Crippen LogP contribution < -0.4 is 15.5 Å². The summed E-state index contributed by atoms with van der Waals surface area (Å²) in [6.07, 6.45) is 5.94. The van der Waals surface area contributed by atoms with Crippen LogP contribution in [0.25, 0.3) is 0 Å². The number of hydrogen-bond donors (Lipinski definition) is 2. The monoisotopic (exact) mass is 399 g/mol. The Hall–Kier alpha value is -0.970. The van der Waals surface area contributed by atoms with E-state index in [4.69, 9.17) is 0 Å². The van der Waals surface area contributed by atoms with E-state index in [1.807, 2.05) is 0 Å². The molecule has 1 aromatic carbocycles. The maximum Gasteiger partial charge on any atom is 0.227 e. The van der Waals surface area contributed by atoms with Crippen molar-refractivity contribution in [2.24, 2.45) is 17.3 Å². The minimum Gasteiger partial charge on any atom is -0.371 e. The minimum absolute atomic E-state index is 0. The van der Waals surface area contributed by atoms with Crippen LogP contribution in [-0.4, -0.2) is 38.6 Å². The molecular weight excluding hydrogens is 369 g/mol. The van der Waals surface area contributed by atoms with Gasteiger partial charge < -0.3 is 15.5 Å². The largest absolute Gasteiger partial charge is 0.371 e. The van der Waals surface area contributed by atoms with Gasteiger partial charge in [-0.25, -0.2) is 0 Å². The molecule has 3 aliphatic rings. The molecule has 2 N–H and O–H groups in total. The van der Waals surface area contributed by atoms with Gasteiger partial charge in [-0.2, -0.15) is 0 Å². The molecule has 3 fully saturated rings. The van der Waals surface area contributed by atoms with Crippen LogP contribution in [0.1, 0.15) is 32.1 Å². The molecule has 0 aromatic heterocycles. The number of rotatable bonds is 4. The molecule has 1 aliphatic carbocycles. The van der Waals surface area contributed by atoms with Crippen molar-refractivity contribution in [2.45, 2.75) is 32.1 Å². The number of carbonyl (C=O) groups excluding carboxylic acids is 1. The Morgan fingerprint density at radius 1 is 1.19 bits per heavy atom. The topological polar surface area (TPSA) is 44.4 Å². The van der Waals surface area contributed by atoms with Gasteiger partial charge in [-0.3, -0.25) is 4.79 Å². The van der Waals surface area contributed by atoms with Crippen LogP contribution in [0.2, 0.25) is 0 Å². The van der Waals surface area contributed by atoms with Gasteiger partial charge in [-0.15, -0.1) is 24.8 Å². The van der Waals surface area contributed by atoms with E-state index in [9.17, 15) is 4.79 Å². The van der Waals surface area contributed by atoms with Crippen molar-refractivity contribution in [3.63, 3.8) is 0 Å². The summed E-state index contributed by atoms with van der Waals surface area (Å²) < 4.78 is 0. The van der Waals surface area contributed by atoms with Gasteiger partial charge >= 0.3 is 0 Å². The van der Waals surface area contributed by atoms with E-state index in [0.717, 1.165) is 39.1 Å². The number of carbonyl (C=O) groups is 1. The molecule has 6 heteroatoms. The van der Waals surface area contributed by atoms with E-state index in [2.05, 4.69) is 45.9 Å². The Balaban J connectivity index is 0.00000121. The summed E-state index contributed by atoms with van der Waals surface area (Å²) >= 11 is 0. The predicted molar refractivity (Wildman–Crippen MR) is 112 cm³/mol. The molecule has 0 bridgehead atoms. The molecule has 3 atom stereocenters. The molecule has 1 unspecified atom stereocenters. The molecule has 1 aromatic rings. The zero-order chi connectivity index (χ0) is 16.4. The molecule has 2 saturated heterocycles. The highest BCUT2D eigenvalue weighted by atomic mass is 35.5. The second-order valence-electron chi connectivity index (χ2n) is 7.88. The van der Waals surface area contributed by atoms with E-state index < -0.39 is 0 Å². The molecule has 1 amide bonds. The van der Waals surface area contributed by atoms with Crippen molar-refractivity contribution < 1.29 is 4.79 Å². The summed E-state index contributed by atoms with van der Waals surface area (Å²) in [6.45, 7) is 4.89. The molecule has 4 rings (SSSR count). The van der Waals surface area contributed by atoms with E-state index in [1.54, 1.807) is 0 Å². The Morgan fingerprint density at radius 3 is 2.81 bits per heavy atom. The smallest absolute Gasteiger partial charge is 0.227 e. The molecule has 1 saturated carbocycles. The van der Waals surface area contributed by atoms with Gasteiger partial charge in [-0.1, -0.05) is 31.0 Å². The first-order valence-corrected chi connectivity index (χ1v) is 9.57. The fourth-order valence-corrected chi connectivity index (χ4v) is 4.98. The van der Waals surface area contributed by atoms with Crippen molar-refractivity contribution in [1.29, 1.82) is 0 Å². The standard InChI is InChI=1S/C20H29N3O.2ClH/c24-19(20-10-5-4-6-17(20)13-21-15-20)22-12-16-9-11-23(14-16)18-7-2-1-3-8-18;;/h1-3,7-8,16-17,21H,4-6,9-15H2,(H,22,24);2*1H/t16?,17-,20+;;/m0../s1. The van der Waals surface area contributed by atoms with Crippen molar-refractivity contribution >= 4 is 36.4 Å². The van der Waals surface area contributed by atoms with Gasteiger partial charge in [0.05, 0.1) is 5.41 Å². The number of amides is 1. The third-order valence-corrected chi connectivity index (χ3v) is 6.45. The van der Waals surface area contributed by atoms with Gasteiger partial charge in [-0.05, 0) is 49.8 Å². The highest BCUT2D eigenvalue weighted by Crippen LogP contribution is 2.43. The lowest BCUT2D eigenvalue weighted by Gasteiger charge is -2.37. The molecule has 2 heterocycles. The lowest BCUT2D eigenvalue weighted by molar-refractivity contribution is -0.134. The number of nitrogens with one attached hydrogen (secondary N) is 2. The van der Waals surface area contributed by atoms with Crippen LogP contribution >= 0.6 is 24.8 Å². The van der Waals surface area contributed by atoms with E-state index >= 15 is 0 Å². The zero-order valence-corrected chi connectivity index (χ0v) is 16.9. The Bertz CT molecular complexity index is 586. The summed E-state index contributed by atoms with van der Waals surface area (Å²) in [5.41, 5.74) is 1.19. The average Bonchev–Trinajstić information content (AvgIpc) is 3.28. The number of halogens is 2. The first kappa shape index (κ1) is 21.3. The molecule has 2 aliphatic heterocycles. The second kappa shape index (κ2) is 9.29. The highest BCUT2D eigenvalue weighted by Gasteiger charge is 2.49. The quantitative estimate of drug-likeness (QED) is 0.816. The number of para-hydroxylation sites is 1. The molecule has 26 heavy (non-hydrogen) atoms. The lowest BCUT2D eigenvalue weighted by atomic mass is 9.67. The molecule has 0 spiro atoms. The number of anilines is 1. The Labute approximate surface area is 169 Å². The third kappa shape index (κ3) is 4.13. The Morgan fingerprint density at radius 2 is 2.00 bits per heavy atom. The Kier molecular flexibility index (Phi) is 7.63. The number of hydrogen-bond acceptors (Lipinski definition) is 3. The van der Waals surface area contributed by atoms with Crippen molar-refractivity contribution in [2.75, 3.05) is 37.6 Å². The maximum absolute atomic E-state index is 12.9. The van der Waals surface area contributed by atoms with Gasteiger partial charge in [0.25, 0.3) is 0 Å². The van der Waals surface area contributed by atoms with Crippen molar-refractivity contribution in [1.82, 2.24) is 10.6 Å². The molecule has 146 valence electrons. The van der Waals surface area contributed by atoms with Crippen LogP contribution in [0.5, 0.6) is 0 Å². The van der Waals surface area contributed by atoms with Gasteiger partial charge in [0.15, 0.2) is 0 Å². The van der Waals surface area contributed by atoms with E-state index in [-0.39, 0.29) is 30.2 Å². The van der Waals surface area contributed by atoms with Gasteiger partial charge in [0, 0.05) is 31.9 Å². The molecule has 4 nitrogen and oxygen atoms in total. The number of nitrogens with zero attached hydrogens (tertiary/aromatic N) is 1. The minimum atomic E-state index is -0.115. The normalized spacial score (nSPS) is 30.1. The first-order chi connectivity index (χ1) is 11.8. The highest BCUT2D eigenvalue weighted by molar-refractivity contribution is 5.85. The fraction of sp³-hybridized carbons (Fsp3) is 0.650. The second-order valence-corrected chi connectivity index (χ2v) is 7.88. The van der Waals surface area contributed by atoms with Crippen molar-refractivity contribution in [3.8, 4) is 0 Å². The summed E-state index contributed by atoms with van der Waals surface area (Å²) in [5, 5.41) is 6.80. The maximum atomic E-state index is 12.9. The number of fused-ring (bicyclic) bond motifs is 1. The van der Waals surface area contributed by atoms with Crippen LogP contribution in [0.15, 0.2) is 30.3 Å². The summed E-state index contributed by atoms with van der Waals surface area (Å²) in [5.74, 6) is 1.44. The summed E-state index contributed by atoms with van der Waals surface area (Å²) in [7, 11) is 0. The molecule has 0 radical (unpaired) electrons. The molecular formula is C20H31Cl2N3O. The SMILES string of the molecule is Cl.Cl.O=C(NCC1CCN(c2ccccc2)C1)[C@@]12CCCC[C@H]1CNC2. The van der Waals surface area contributed by atoms with Crippen LogP contribution in [0.4, 0.5) is 5.69 Å². The third-order valence-electron chi connectivity index (χ3n) is 6.45. The lowest BCUT2D eigenvalue weighted by Crippen LogP contribution is -2.49. The van der Waals surface area contributed by atoms with E-state index in [1.165, 1.54) is 31.4 Å². The fourth-order valence-electron chi connectivity index (χ4n) is 4.98. The average molecular weight is 400 g/mol.